The zero-order chi connectivity index (χ0) is 23.6. The van der Waals surface area contributed by atoms with E-state index in [2.05, 4.69) is 15.8 Å². The molecular formula is C23H23F2N3O3S2. The van der Waals surface area contributed by atoms with Gasteiger partial charge in [-0.3, -0.25) is 4.72 Å². The average Bonchev–Trinajstić information content (AvgIpc) is 3.27. The molecule has 10 heteroatoms. The lowest BCUT2D eigenvalue weighted by atomic mass is 9.81. The van der Waals surface area contributed by atoms with E-state index in [1.807, 2.05) is 0 Å². The molecule has 33 heavy (non-hydrogen) atoms. The first-order valence-corrected chi connectivity index (χ1v) is 12.7. The number of ether oxygens (including phenoxy) is 1. The molecule has 0 spiro atoms. The van der Waals surface area contributed by atoms with Crippen LogP contribution in [-0.2, 0) is 10.0 Å². The first-order chi connectivity index (χ1) is 15.7. The van der Waals surface area contributed by atoms with E-state index in [1.165, 1.54) is 24.4 Å². The molecule has 0 fully saturated rings. The van der Waals surface area contributed by atoms with Crippen LogP contribution in [0.5, 0.6) is 5.75 Å². The molecule has 1 aliphatic rings. The highest BCUT2D eigenvalue weighted by Crippen LogP contribution is 2.34. The number of rotatable bonds is 7. The van der Waals surface area contributed by atoms with Crippen LogP contribution in [0.2, 0.25) is 0 Å². The lowest BCUT2D eigenvalue weighted by Crippen LogP contribution is -2.37. The summed E-state index contributed by atoms with van der Waals surface area (Å²) in [6.07, 6.45) is 5.09. The van der Waals surface area contributed by atoms with Gasteiger partial charge in [-0.05, 0) is 54.7 Å². The normalized spacial score (nSPS) is 18.6. The number of anilines is 1. The topological polar surface area (TPSA) is 94.3 Å². The summed E-state index contributed by atoms with van der Waals surface area (Å²) >= 11 is 1.09. The van der Waals surface area contributed by atoms with Crippen LogP contribution >= 0.6 is 11.3 Å². The molecule has 1 aliphatic carbocycles. The van der Waals surface area contributed by atoms with Gasteiger partial charge in [0.05, 0.1) is 6.61 Å². The number of nitrogens with two attached hydrogens (primary N) is 1. The van der Waals surface area contributed by atoms with Crippen molar-refractivity contribution in [2.75, 3.05) is 11.3 Å². The fraction of sp³-hybridized carbons (Fsp3) is 0.261. The minimum Gasteiger partial charge on any atom is -0.493 e. The number of benzene rings is 2. The smallest absolute Gasteiger partial charge is 0.266 e. The Morgan fingerprint density at radius 2 is 2.00 bits per heavy atom. The molecule has 2 unspecified atom stereocenters. The van der Waals surface area contributed by atoms with Crippen molar-refractivity contribution in [3.8, 4) is 5.75 Å². The molecule has 1 heterocycles. The number of halogens is 2. The molecule has 0 amide bonds. The maximum absolute atomic E-state index is 14.8. The van der Waals surface area contributed by atoms with Crippen LogP contribution in [0.1, 0.15) is 24.0 Å². The SMILES string of the molecule is Cc1cc(S(=O)(=O)Nc2nccs2)c(F)cc1OCC1C(c2ccc(F)cc2)=CCCC1N. The van der Waals surface area contributed by atoms with Crippen LogP contribution in [0, 0.1) is 24.5 Å². The van der Waals surface area contributed by atoms with Crippen LogP contribution < -0.4 is 15.2 Å². The maximum Gasteiger partial charge on any atom is 0.266 e. The third-order valence-electron chi connectivity index (χ3n) is 5.55. The van der Waals surface area contributed by atoms with E-state index in [1.54, 1.807) is 24.4 Å². The molecule has 0 saturated carbocycles. The standard InChI is InChI=1S/C23H23F2N3O3S2/c1-14-11-22(33(29,30)28-23-27-9-10-32-23)19(25)12-21(14)31-13-18-17(3-2-4-20(18)26)15-5-7-16(24)8-6-15/h3,5-12,18,20H,2,4,13,26H2,1H3,(H,27,28). The number of sulfonamides is 1. The average molecular weight is 492 g/mol. The van der Waals surface area contributed by atoms with Gasteiger partial charge in [0, 0.05) is 29.6 Å². The Morgan fingerprint density at radius 3 is 2.70 bits per heavy atom. The second-order valence-corrected chi connectivity index (χ2v) is 10.4. The molecule has 4 rings (SSSR count). The van der Waals surface area contributed by atoms with E-state index >= 15 is 0 Å². The van der Waals surface area contributed by atoms with Gasteiger partial charge in [-0.1, -0.05) is 18.2 Å². The van der Waals surface area contributed by atoms with E-state index in [9.17, 15) is 17.2 Å². The maximum atomic E-state index is 14.8. The third kappa shape index (κ3) is 5.23. The first-order valence-electron chi connectivity index (χ1n) is 10.3. The summed E-state index contributed by atoms with van der Waals surface area (Å²) in [5, 5.41) is 1.76. The number of nitrogens with zero attached hydrogens (tertiary/aromatic N) is 1. The van der Waals surface area contributed by atoms with E-state index in [0.717, 1.165) is 41.4 Å². The Hall–Kier alpha value is -2.82. The quantitative estimate of drug-likeness (QED) is 0.498. The molecule has 0 saturated heterocycles. The van der Waals surface area contributed by atoms with Crippen molar-refractivity contribution >= 4 is 32.1 Å². The van der Waals surface area contributed by atoms with Crippen LogP contribution in [-0.4, -0.2) is 26.1 Å². The third-order valence-corrected chi connectivity index (χ3v) is 7.72. The van der Waals surface area contributed by atoms with Gasteiger partial charge in [-0.15, -0.1) is 11.3 Å². The highest BCUT2D eigenvalue weighted by molar-refractivity contribution is 7.93. The van der Waals surface area contributed by atoms with Crippen molar-refractivity contribution in [1.82, 2.24) is 4.98 Å². The molecule has 2 atom stereocenters. The molecule has 6 nitrogen and oxygen atoms in total. The van der Waals surface area contributed by atoms with Gasteiger partial charge >= 0.3 is 0 Å². The molecule has 0 bridgehead atoms. The Labute approximate surface area is 195 Å². The Balaban J connectivity index is 1.54. The molecule has 3 N–H and O–H groups in total. The van der Waals surface area contributed by atoms with Gasteiger partial charge in [-0.25, -0.2) is 22.2 Å². The number of aromatic nitrogens is 1. The summed E-state index contributed by atoms with van der Waals surface area (Å²) in [5.74, 6) is -1.20. The van der Waals surface area contributed by atoms with E-state index in [-0.39, 0.29) is 35.3 Å². The largest absolute Gasteiger partial charge is 0.493 e. The van der Waals surface area contributed by atoms with Crippen LogP contribution in [0.25, 0.3) is 5.57 Å². The highest BCUT2D eigenvalue weighted by Gasteiger charge is 2.28. The van der Waals surface area contributed by atoms with Crippen molar-refractivity contribution < 1.29 is 21.9 Å². The summed E-state index contributed by atoms with van der Waals surface area (Å²) in [4.78, 5) is 3.38. The summed E-state index contributed by atoms with van der Waals surface area (Å²) in [6.45, 7) is 1.82. The van der Waals surface area contributed by atoms with Gasteiger partial charge in [0.2, 0.25) is 0 Å². The zero-order valence-corrected chi connectivity index (χ0v) is 19.4. The second-order valence-electron chi connectivity index (χ2n) is 7.82. The number of aryl methyl sites for hydroxylation is 1. The first kappa shape index (κ1) is 23.3. The molecule has 3 aromatic rings. The zero-order valence-electron chi connectivity index (χ0n) is 17.8. The van der Waals surface area contributed by atoms with Crippen molar-refractivity contribution in [3.05, 3.63) is 76.8 Å². The molecule has 2 aromatic carbocycles. The van der Waals surface area contributed by atoms with Gasteiger partial charge in [-0.2, -0.15) is 0 Å². The molecule has 0 aliphatic heterocycles. The summed E-state index contributed by atoms with van der Waals surface area (Å²) < 4.78 is 61.5. The summed E-state index contributed by atoms with van der Waals surface area (Å²) in [6, 6.07) is 8.32. The Morgan fingerprint density at radius 1 is 1.24 bits per heavy atom. The van der Waals surface area contributed by atoms with Gasteiger partial charge in [0.25, 0.3) is 10.0 Å². The molecular weight excluding hydrogens is 468 g/mol. The monoisotopic (exact) mass is 491 g/mol. The lowest BCUT2D eigenvalue weighted by Gasteiger charge is -2.30. The number of nitrogens with one attached hydrogen (secondary N) is 1. The number of hydrogen-bond donors (Lipinski definition) is 2. The van der Waals surface area contributed by atoms with Crippen LogP contribution in [0.15, 0.2) is 58.9 Å². The predicted molar refractivity (Wildman–Crippen MR) is 125 cm³/mol. The van der Waals surface area contributed by atoms with Gasteiger partial charge in [0.1, 0.15) is 22.3 Å². The van der Waals surface area contributed by atoms with Crippen molar-refractivity contribution in [2.45, 2.75) is 30.7 Å². The van der Waals surface area contributed by atoms with E-state index < -0.39 is 20.7 Å². The van der Waals surface area contributed by atoms with E-state index in [4.69, 9.17) is 10.5 Å². The Kier molecular flexibility index (Phi) is 6.78. The van der Waals surface area contributed by atoms with E-state index in [0.29, 0.717) is 5.56 Å². The lowest BCUT2D eigenvalue weighted by molar-refractivity contribution is 0.250. The second kappa shape index (κ2) is 9.58. The Bertz CT molecular complexity index is 1260. The van der Waals surface area contributed by atoms with Crippen LogP contribution in [0.3, 0.4) is 0 Å². The van der Waals surface area contributed by atoms with Crippen molar-refractivity contribution in [3.63, 3.8) is 0 Å². The highest BCUT2D eigenvalue weighted by atomic mass is 32.2. The molecule has 174 valence electrons. The molecule has 0 radical (unpaired) electrons. The number of allylic oxidation sites excluding steroid dienone is 1. The van der Waals surface area contributed by atoms with Crippen molar-refractivity contribution in [1.29, 1.82) is 0 Å². The minimum atomic E-state index is -4.14. The van der Waals surface area contributed by atoms with Gasteiger partial charge < -0.3 is 10.5 Å². The number of hydrogen-bond acceptors (Lipinski definition) is 6. The summed E-state index contributed by atoms with van der Waals surface area (Å²) in [7, 11) is -4.14. The van der Waals surface area contributed by atoms with Crippen molar-refractivity contribution in [2.24, 2.45) is 11.7 Å². The van der Waals surface area contributed by atoms with Gasteiger partial charge in [0.15, 0.2) is 5.13 Å². The fourth-order valence-corrected chi connectivity index (χ4v) is 5.76. The molecule has 1 aromatic heterocycles. The van der Waals surface area contributed by atoms with Crippen LogP contribution in [0.4, 0.5) is 13.9 Å². The minimum absolute atomic E-state index is 0.152. The number of thiazole rings is 1. The summed E-state index contributed by atoms with van der Waals surface area (Å²) in [5.41, 5.74) is 8.63. The predicted octanol–water partition coefficient (Wildman–Crippen LogP) is 4.73. The fourth-order valence-electron chi connectivity index (χ4n) is 3.82.